The second-order valence-corrected chi connectivity index (χ2v) is 13.4. The molecule has 0 unspecified atom stereocenters. The van der Waals surface area contributed by atoms with Gasteiger partial charge in [-0.25, -0.2) is 0 Å². The van der Waals surface area contributed by atoms with E-state index in [0.29, 0.717) is 51.0 Å². The number of H-pyrrole nitrogens is 3. The second-order valence-electron chi connectivity index (χ2n) is 12.2. The molecule has 0 saturated carbocycles. The Kier molecular flexibility index (Phi) is 10.9. The fourth-order valence-corrected chi connectivity index (χ4v) is 6.39. The summed E-state index contributed by atoms with van der Waals surface area (Å²) in [5, 5.41) is 8.76. The van der Waals surface area contributed by atoms with Gasteiger partial charge in [-0.05, 0) is 91.3 Å². The molecule has 0 fully saturated rings. The number of carbonyl (C=O) groups is 3. The van der Waals surface area contributed by atoms with E-state index in [2.05, 4.69) is 30.9 Å². The molecule has 3 heterocycles. The molecule has 0 aliphatic heterocycles. The van der Waals surface area contributed by atoms with E-state index in [1.165, 1.54) is 0 Å². The van der Waals surface area contributed by atoms with Crippen molar-refractivity contribution in [3.8, 4) is 0 Å². The van der Waals surface area contributed by atoms with Crippen LogP contribution in [0.3, 0.4) is 0 Å². The fraction of sp³-hybridized carbons (Fsp3) is 0.294. The summed E-state index contributed by atoms with van der Waals surface area (Å²) in [7, 11) is 5.58. The predicted molar refractivity (Wildman–Crippen MR) is 207 cm³/mol. The van der Waals surface area contributed by atoms with Gasteiger partial charge < -0.3 is 54.2 Å². The van der Waals surface area contributed by atoms with Crippen molar-refractivity contribution in [3.63, 3.8) is 0 Å². The Labute approximate surface area is 307 Å². The average Bonchev–Trinajstić information content (AvgIpc) is 3.67. The maximum Gasteiger partial charge on any atom is 0.250 e. The molecule has 17 heteroatoms. The summed E-state index contributed by atoms with van der Waals surface area (Å²) >= 11 is 15.9. The Morgan fingerprint density at radius 1 is 0.608 bits per heavy atom. The number of carbonyl (C=O) groups excluding carboxylic acids is 3. The van der Waals surface area contributed by atoms with Gasteiger partial charge in [0.05, 0.1) is 39.7 Å². The van der Waals surface area contributed by atoms with Crippen LogP contribution < -0.4 is 16.0 Å². The maximum atomic E-state index is 13.0. The number of benzene rings is 3. The lowest BCUT2D eigenvalue weighted by Crippen LogP contribution is -2.34. The molecule has 3 aromatic heterocycles. The summed E-state index contributed by atoms with van der Waals surface area (Å²) < 4.78 is 13.0. The molecule has 3 amide bonds. The minimum atomic E-state index is -0.302. The van der Waals surface area contributed by atoms with Gasteiger partial charge in [-0.15, -0.1) is 0 Å². The van der Waals surface area contributed by atoms with Gasteiger partial charge in [-0.2, -0.15) is 0 Å². The van der Waals surface area contributed by atoms with Crippen LogP contribution in [0.2, 0.25) is 0 Å². The number of rotatable bonds is 14. The van der Waals surface area contributed by atoms with E-state index in [1.807, 2.05) is 88.3 Å². The zero-order chi connectivity index (χ0) is 36.2. The zero-order valence-corrected chi connectivity index (χ0v) is 30.7. The van der Waals surface area contributed by atoms with Crippen molar-refractivity contribution < 1.29 is 19.1 Å². The van der Waals surface area contributed by atoms with E-state index in [-0.39, 0.29) is 43.8 Å². The van der Waals surface area contributed by atoms with Crippen LogP contribution in [0.4, 0.5) is 17.1 Å². The van der Waals surface area contributed by atoms with Crippen molar-refractivity contribution in [1.29, 1.82) is 0 Å². The van der Waals surface area contributed by atoms with E-state index in [1.54, 1.807) is 6.07 Å². The third kappa shape index (κ3) is 8.51. The Hall–Kier alpha value is -4.94. The minimum absolute atomic E-state index is 0.158. The van der Waals surface area contributed by atoms with Gasteiger partial charge in [-0.3, -0.25) is 14.4 Å². The lowest BCUT2D eigenvalue weighted by atomic mass is 10.2. The van der Waals surface area contributed by atoms with E-state index >= 15 is 0 Å². The summed E-state index contributed by atoms with van der Waals surface area (Å²) in [5.41, 5.74) is 7.21. The van der Waals surface area contributed by atoms with Crippen molar-refractivity contribution >= 4 is 105 Å². The molecule has 266 valence electrons. The average molecular weight is 747 g/mol. The molecule has 6 rings (SSSR count). The van der Waals surface area contributed by atoms with Crippen LogP contribution in [0, 0.1) is 14.3 Å². The number of aromatic nitrogens is 6. The van der Waals surface area contributed by atoms with E-state index in [0.717, 1.165) is 33.1 Å². The van der Waals surface area contributed by atoms with Crippen LogP contribution in [0.25, 0.3) is 33.1 Å². The molecule has 3 aromatic carbocycles. The number of aryl methyl sites for hydroxylation is 3. The van der Waals surface area contributed by atoms with Gasteiger partial charge in [0, 0.05) is 70.7 Å². The molecule has 14 nitrogen and oxygen atoms in total. The summed E-state index contributed by atoms with van der Waals surface area (Å²) in [6.45, 7) is 1.21. The first-order valence-electron chi connectivity index (χ1n) is 16.2. The second kappa shape index (κ2) is 15.5. The predicted octanol–water partition coefficient (Wildman–Crippen LogP) is 5.65. The molecule has 0 spiro atoms. The molecule has 51 heavy (non-hydrogen) atoms. The molecule has 0 atom stereocenters. The van der Waals surface area contributed by atoms with Crippen LogP contribution >= 0.6 is 36.7 Å². The number of fused-ring (bicyclic) bond motifs is 3. The Morgan fingerprint density at radius 2 is 0.980 bits per heavy atom. The van der Waals surface area contributed by atoms with E-state index in [4.69, 9.17) is 41.4 Å². The molecule has 0 aliphatic carbocycles. The van der Waals surface area contributed by atoms with Crippen LogP contribution in [-0.4, -0.2) is 84.1 Å². The van der Waals surface area contributed by atoms with Crippen LogP contribution in [0.5, 0.6) is 0 Å². The van der Waals surface area contributed by atoms with Crippen LogP contribution in [0.15, 0.2) is 54.6 Å². The van der Waals surface area contributed by atoms with Gasteiger partial charge in [0.25, 0.3) is 0 Å². The van der Waals surface area contributed by atoms with Gasteiger partial charge in [0.2, 0.25) is 17.7 Å². The number of nitrogens with one attached hydrogen (secondary N) is 6. The summed E-state index contributed by atoms with van der Waals surface area (Å²) in [4.78, 5) is 50.0. The fourth-order valence-electron chi connectivity index (χ4n) is 5.76. The van der Waals surface area contributed by atoms with Gasteiger partial charge >= 0.3 is 0 Å². The summed E-state index contributed by atoms with van der Waals surface area (Å²) in [6, 6.07) is 16.6. The summed E-state index contributed by atoms with van der Waals surface area (Å²) in [5.74, 6) is -0.653. The zero-order valence-electron chi connectivity index (χ0n) is 28.3. The quantitative estimate of drug-likeness (QED) is 0.0616. The maximum absolute atomic E-state index is 13.0. The molecule has 0 aliphatic rings. The Balaban J connectivity index is 1.03. The molecule has 0 bridgehead atoms. The van der Waals surface area contributed by atoms with Gasteiger partial charge in [-0.1, -0.05) is 0 Å². The molecular formula is C34H38N10O4S3. The lowest BCUT2D eigenvalue weighted by Gasteiger charge is -2.22. The SMILES string of the molecule is Cn1c(=S)[nH]c2ccc(NC(=O)CCN(CCOCC(=O)Nc3ccc4[nH]c(=S)n(C)c4c3)CCC(=O)Nc3ccc4[nH]c(=S)n(C)c4c3)cc21. The molecule has 6 N–H and O–H groups in total. The van der Waals surface area contributed by atoms with Crippen molar-refractivity contribution in [2.24, 2.45) is 21.1 Å². The lowest BCUT2D eigenvalue weighted by molar-refractivity contribution is -0.120. The molecule has 0 radical (unpaired) electrons. The van der Waals surface area contributed by atoms with E-state index in [9.17, 15) is 14.4 Å². The molecular weight excluding hydrogens is 709 g/mol. The number of aromatic amines is 3. The monoisotopic (exact) mass is 746 g/mol. The summed E-state index contributed by atoms with van der Waals surface area (Å²) in [6.07, 6.45) is 0.363. The third-order valence-electron chi connectivity index (χ3n) is 8.66. The highest BCUT2D eigenvalue weighted by molar-refractivity contribution is 7.71. The van der Waals surface area contributed by atoms with Crippen molar-refractivity contribution in [3.05, 3.63) is 68.9 Å². The Bertz CT molecular complexity index is 2340. The topological polar surface area (TPSA) is 162 Å². The van der Waals surface area contributed by atoms with Crippen LogP contribution in [0.1, 0.15) is 12.8 Å². The van der Waals surface area contributed by atoms with Crippen LogP contribution in [-0.2, 0) is 40.3 Å². The van der Waals surface area contributed by atoms with E-state index < -0.39 is 0 Å². The largest absolute Gasteiger partial charge is 0.370 e. The molecule has 0 saturated heterocycles. The number of imidazole rings is 3. The number of anilines is 3. The highest BCUT2D eigenvalue weighted by Gasteiger charge is 2.14. The minimum Gasteiger partial charge on any atom is -0.370 e. The third-order valence-corrected chi connectivity index (χ3v) is 9.79. The first kappa shape index (κ1) is 35.9. The molecule has 6 aromatic rings. The standard InChI is InChI=1S/C34H38N10O4S3/c1-41-26-16-20(4-7-23(26)38-32(41)49)35-29(45)10-12-44(13-11-30(46)36-21-5-8-24-27(17-21)42(2)33(50)39-24)14-15-48-19-31(47)37-22-6-9-25-28(18-22)43(3)34(51)40-25/h4-9,16-18H,10-15,19H2,1-3H3,(H,35,45)(H,36,46)(H,37,47)(H,38,49)(H,39,50)(H,40,51). The number of ether oxygens (including phenoxy) is 1. The van der Waals surface area contributed by atoms with Crippen molar-refractivity contribution in [2.75, 3.05) is 48.8 Å². The van der Waals surface area contributed by atoms with Gasteiger partial charge in [0.15, 0.2) is 14.3 Å². The first-order valence-corrected chi connectivity index (χ1v) is 17.4. The normalized spacial score (nSPS) is 11.5. The van der Waals surface area contributed by atoms with Crippen molar-refractivity contribution in [1.82, 2.24) is 33.6 Å². The van der Waals surface area contributed by atoms with Gasteiger partial charge in [0.1, 0.15) is 6.61 Å². The number of nitrogens with zero attached hydrogens (tertiary/aromatic N) is 4. The number of amides is 3. The smallest absolute Gasteiger partial charge is 0.250 e. The highest BCUT2D eigenvalue weighted by atomic mass is 32.1. The number of hydrogen-bond acceptors (Lipinski definition) is 8. The highest BCUT2D eigenvalue weighted by Crippen LogP contribution is 2.21. The van der Waals surface area contributed by atoms with Crippen molar-refractivity contribution in [2.45, 2.75) is 12.8 Å². The first-order chi connectivity index (χ1) is 24.4. The number of hydrogen-bond donors (Lipinski definition) is 6. The Morgan fingerprint density at radius 3 is 1.37 bits per heavy atom.